The number of aryl methyl sites for hydroxylation is 1. The summed E-state index contributed by atoms with van der Waals surface area (Å²) in [5.41, 5.74) is 1.10. The summed E-state index contributed by atoms with van der Waals surface area (Å²) in [6, 6.07) is 2.39. The van der Waals surface area contributed by atoms with Gasteiger partial charge in [0.15, 0.2) is 0 Å². The summed E-state index contributed by atoms with van der Waals surface area (Å²) < 4.78 is 4.53. The molecule has 1 unspecified atom stereocenters. The van der Waals surface area contributed by atoms with Crippen LogP contribution in [0.1, 0.15) is 29.9 Å². The van der Waals surface area contributed by atoms with Gasteiger partial charge in [-0.3, -0.25) is 4.79 Å². The zero-order valence-electron chi connectivity index (χ0n) is 10.5. The van der Waals surface area contributed by atoms with Gasteiger partial charge in [0.05, 0.1) is 7.11 Å². The van der Waals surface area contributed by atoms with Crippen molar-refractivity contribution in [2.75, 3.05) is 7.11 Å². The number of pyridine rings is 1. The third kappa shape index (κ3) is 3.70. The number of aromatic nitrogens is 1. The lowest BCUT2D eigenvalue weighted by Crippen LogP contribution is -2.39. The van der Waals surface area contributed by atoms with Crippen LogP contribution < -0.4 is 5.32 Å². The van der Waals surface area contributed by atoms with Crippen molar-refractivity contribution < 1.29 is 14.3 Å². The molecule has 0 aliphatic heterocycles. The maximum atomic E-state index is 11.9. The van der Waals surface area contributed by atoms with Gasteiger partial charge in [0.1, 0.15) is 11.2 Å². The van der Waals surface area contributed by atoms with Gasteiger partial charge in [0.25, 0.3) is 5.91 Å². The van der Waals surface area contributed by atoms with E-state index < -0.39 is 12.0 Å². The van der Waals surface area contributed by atoms with E-state index in [2.05, 4.69) is 15.0 Å². The summed E-state index contributed by atoms with van der Waals surface area (Å²) in [6.45, 7) is 3.46. The maximum absolute atomic E-state index is 11.9. The number of esters is 1. The predicted molar refractivity (Wildman–Crippen MR) is 67.6 cm³/mol. The fraction of sp³-hybridized carbons (Fsp3) is 0.417. The Kier molecular flexibility index (Phi) is 5.09. The van der Waals surface area contributed by atoms with E-state index in [-0.39, 0.29) is 11.1 Å². The number of nitrogens with one attached hydrogen (secondary N) is 1. The van der Waals surface area contributed by atoms with Crippen LogP contribution in [0, 0.1) is 0 Å². The molecule has 1 N–H and O–H groups in total. The van der Waals surface area contributed by atoms with Crippen molar-refractivity contribution in [1.29, 1.82) is 0 Å². The second kappa shape index (κ2) is 6.35. The molecule has 1 atom stereocenters. The van der Waals surface area contributed by atoms with Crippen LogP contribution in [0.15, 0.2) is 12.1 Å². The van der Waals surface area contributed by atoms with Crippen LogP contribution in [0.3, 0.4) is 0 Å². The molecular weight excluding hydrogens is 256 g/mol. The van der Waals surface area contributed by atoms with Crippen molar-refractivity contribution in [2.45, 2.75) is 26.3 Å². The first kappa shape index (κ1) is 14.4. The quantitative estimate of drug-likeness (QED) is 0.666. The summed E-state index contributed by atoms with van der Waals surface area (Å²) in [5.74, 6) is -0.883. The minimum atomic E-state index is -0.709. The molecule has 0 bridgehead atoms. The third-order valence-corrected chi connectivity index (χ3v) is 2.57. The Labute approximate surface area is 110 Å². The lowest BCUT2D eigenvalue weighted by atomic mass is 10.2. The molecule has 1 amide bonds. The van der Waals surface area contributed by atoms with E-state index in [4.69, 9.17) is 11.6 Å². The molecule has 0 aliphatic carbocycles. The minimum absolute atomic E-state index is 0.255. The number of nitrogens with zero attached hydrogens (tertiary/aromatic N) is 1. The highest BCUT2D eigenvalue weighted by atomic mass is 35.5. The van der Waals surface area contributed by atoms with E-state index in [1.54, 1.807) is 13.0 Å². The monoisotopic (exact) mass is 270 g/mol. The number of halogens is 1. The molecule has 0 saturated heterocycles. The van der Waals surface area contributed by atoms with Gasteiger partial charge >= 0.3 is 5.97 Å². The summed E-state index contributed by atoms with van der Waals surface area (Å²) in [5, 5.41) is 2.78. The van der Waals surface area contributed by atoms with Crippen molar-refractivity contribution in [3.63, 3.8) is 0 Å². The lowest BCUT2D eigenvalue weighted by molar-refractivity contribution is -0.142. The molecule has 0 spiro atoms. The van der Waals surface area contributed by atoms with Gasteiger partial charge in [-0.15, -0.1) is 0 Å². The van der Waals surface area contributed by atoms with Crippen molar-refractivity contribution in [3.8, 4) is 0 Å². The van der Waals surface area contributed by atoms with Crippen LogP contribution in [0.25, 0.3) is 0 Å². The molecule has 98 valence electrons. The predicted octanol–water partition coefficient (Wildman–Crippen LogP) is 1.59. The molecule has 1 aromatic heterocycles. The lowest BCUT2D eigenvalue weighted by Gasteiger charge is -2.12. The first-order valence-corrected chi connectivity index (χ1v) is 5.90. The summed E-state index contributed by atoms with van der Waals surface area (Å²) in [7, 11) is 1.27. The van der Waals surface area contributed by atoms with Crippen molar-refractivity contribution in [3.05, 3.63) is 28.5 Å². The Morgan fingerprint density at radius 2 is 2.17 bits per heavy atom. The zero-order valence-corrected chi connectivity index (χ0v) is 11.2. The largest absolute Gasteiger partial charge is 0.467 e. The normalized spacial score (nSPS) is 11.8. The van der Waals surface area contributed by atoms with Crippen LogP contribution in [0.4, 0.5) is 0 Å². The van der Waals surface area contributed by atoms with Crippen LogP contribution in [-0.2, 0) is 16.0 Å². The summed E-state index contributed by atoms with van der Waals surface area (Å²) in [6.07, 6.45) is 0.674. The first-order chi connectivity index (χ1) is 8.47. The smallest absolute Gasteiger partial charge is 0.328 e. The highest BCUT2D eigenvalue weighted by Gasteiger charge is 2.17. The SMILES string of the molecule is CCc1cc(C(=O)NC(C)C(=O)OC)cc(Cl)n1. The van der Waals surface area contributed by atoms with E-state index in [1.165, 1.54) is 13.2 Å². The number of carbonyl (C=O) groups is 2. The number of amides is 1. The van der Waals surface area contributed by atoms with Crippen molar-refractivity contribution in [2.24, 2.45) is 0 Å². The van der Waals surface area contributed by atoms with Gasteiger partial charge in [-0.2, -0.15) is 0 Å². The van der Waals surface area contributed by atoms with Gasteiger partial charge in [0.2, 0.25) is 0 Å². The molecule has 1 aromatic rings. The molecule has 0 aliphatic rings. The minimum Gasteiger partial charge on any atom is -0.467 e. The second-order valence-corrected chi connectivity index (χ2v) is 4.13. The molecule has 0 radical (unpaired) electrons. The second-order valence-electron chi connectivity index (χ2n) is 3.74. The number of carbonyl (C=O) groups excluding carboxylic acids is 2. The molecule has 0 fully saturated rings. The van der Waals surface area contributed by atoms with E-state index in [9.17, 15) is 9.59 Å². The van der Waals surface area contributed by atoms with Crippen LogP contribution >= 0.6 is 11.6 Å². The first-order valence-electron chi connectivity index (χ1n) is 5.53. The van der Waals surface area contributed by atoms with E-state index in [1.807, 2.05) is 6.92 Å². The third-order valence-electron chi connectivity index (χ3n) is 2.37. The Morgan fingerprint density at radius 1 is 1.50 bits per heavy atom. The molecule has 0 aromatic carbocycles. The average Bonchev–Trinajstić information content (AvgIpc) is 2.36. The fourth-order valence-corrected chi connectivity index (χ4v) is 1.61. The molecule has 0 saturated carbocycles. The Hall–Kier alpha value is -1.62. The van der Waals surface area contributed by atoms with Gasteiger partial charge in [-0.25, -0.2) is 9.78 Å². The number of ether oxygens (including phenoxy) is 1. The number of methoxy groups -OCH3 is 1. The summed E-state index contributed by atoms with van der Waals surface area (Å²) >= 11 is 5.82. The topological polar surface area (TPSA) is 68.3 Å². The number of rotatable bonds is 4. The molecule has 1 heterocycles. The maximum Gasteiger partial charge on any atom is 0.328 e. The van der Waals surface area contributed by atoms with E-state index >= 15 is 0 Å². The average molecular weight is 271 g/mol. The van der Waals surface area contributed by atoms with Crippen molar-refractivity contribution in [1.82, 2.24) is 10.3 Å². The molecular formula is C12H15ClN2O3. The molecule has 5 nitrogen and oxygen atoms in total. The fourth-order valence-electron chi connectivity index (χ4n) is 1.38. The highest BCUT2D eigenvalue weighted by molar-refractivity contribution is 6.29. The van der Waals surface area contributed by atoms with Crippen LogP contribution in [-0.4, -0.2) is 30.0 Å². The van der Waals surface area contributed by atoms with Gasteiger partial charge in [-0.1, -0.05) is 18.5 Å². The molecule has 18 heavy (non-hydrogen) atoms. The van der Waals surface area contributed by atoms with Gasteiger partial charge in [-0.05, 0) is 25.5 Å². The number of hydrogen-bond donors (Lipinski definition) is 1. The Morgan fingerprint density at radius 3 is 2.72 bits per heavy atom. The Bertz CT molecular complexity index is 463. The van der Waals surface area contributed by atoms with E-state index in [0.717, 1.165) is 5.69 Å². The molecule has 6 heteroatoms. The van der Waals surface area contributed by atoms with Gasteiger partial charge < -0.3 is 10.1 Å². The van der Waals surface area contributed by atoms with E-state index in [0.29, 0.717) is 12.0 Å². The number of hydrogen-bond acceptors (Lipinski definition) is 4. The van der Waals surface area contributed by atoms with Crippen LogP contribution in [0.5, 0.6) is 0 Å². The zero-order chi connectivity index (χ0) is 13.7. The highest BCUT2D eigenvalue weighted by Crippen LogP contribution is 2.11. The van der Waals surface area contributed by atoms with Gasteiger partial charge in [0, 0.05) is 11.3 Å². The summed E-state index contributed by atoms with van der Waals surface area (Å²) in [4.78, 5) is 27.1. The standard InChI is InChI=1S/C12H15ClN2O3/c1-4-9-5-8(6-10(13)15-9)11(16)14-7(2)12(17)18-3/h5-7H,4H2,1-3H3,(H,14,16). The molecule has 1 rings (SSSR count). The van der Waals surface area contributed by atoms with Crippen molar-refractivity contribution >= 4 is 23.5 Å². The van der Waals surface area contributed by atoms with Crippen LogP contribution in [0.2, 0.25) is 5.15 Å². The Balaban J connectivity index is 2.84.